The van der Waals surface area contributed by atoms with E-state index in [0.717, 1.165) is 36.8 Å². The Morgan fingerprint density at radius 2 is 1.50 bits per heavy atom. The Hall–Kier alpha value is -2.61. The van der Waals surface area contributed by atoms with Gasteiger partial charge in [-0.1, -0.05) is 69.7 Å². The summed E-state index contributed by atoms with van der Waals surface area (Å²) in [5, 5.41) is 0. The molecule has 0 fully saturated rings. The van der Waals surface area contributed by atoms with Crippen LogP contribution in [0, 0.1) is 5.82 Å². The fourth-order valence-corrected chi connectivity index (χ4v) is 3.69. The number of benzene rings is 3. The Balaban J connectivity index is 1.81. The number of aryl methyl sites for hydroxylation is 3. The number of hydrogen-bond donors (Lipinski definition) is 0. The van der Waals surface area contributed by atoms with Crippen LogP contribution in [0.25, 0.3) is 11.1 Å². The molecule has 0 atom stereocenters. The van der Waals surface area contributed by atoms with Crippen molar-refractivity contribution < 1.29 is 9.13 Å². The molecule has 0 radical (unpaired) electrons. The third kappa shape index (κ3) is 4.62. The lowest BCUT2D eigenvalue weighted by Crippen LogP contribution is -1.99. The van der Waals surface area contributed by atoms with E-state index in [2.05, 4.69) is 63.2 Å². The lowest BCUT2D eigenvalue weighted by Gasteiger charge is -2.15. The molecule has 0 spiro atoms. The van der Waals surface area contributed by atoms with Gasteiger partial charge in [0.15, 0.2) is 0 Å². The monoisotopic (exact) mass is 376 g/mol. The second-order valence-electron chi connectivity index (χ2n) is 7.15. The van der Waals surface area contributed by atoms with Gasteiger partial charge >= 0.3 is 0 Å². The summed E-state index contributed by atoms with van der Waals surface area (Å²) in [6.07, 6.45) is 3.70. The van der Waals surface area contributed by atoms with Crippen molar-refractivity contribution in [2.45, 2.75) is 53.1 Å². The zero-order chi connectivity index (χ0) is 19.9. The van der Waals surface area contributed by atoms with Crippen molar-refractivity contribution in [1.29, 1.82) is 0 Å². The van der Waals surface area contributed by atoms with E-state index in [4.69, 9.17) is 4.74 Å². The van der Waals surface area contributed by atoms with E-state index in [9.17, 15) is 4.39 Å². The molecule has 0 aromatic heterocycles. The fraction of sp³-hybridized carbons (Fsp3) is 0.308. The van der Waals surface area contributed by atoms with Gasteiger partial charge in [0.1, 0.15) is 18.2 Å². The standard InChI is InChI=1S/C26H29FO/c1-4-9-22-14-15-24(17-25(22)27)28-18-19-10-7-13-23(16-19)26-20(5-2)11-8-12-21(26)6-3/h7-8,10-17H,4-6,9,18H2,1-3H3. The summed E-state index contributed by atoms with van der Waals surface area (Å²) in [5.41, 5.74) is 7.13. The predicted molar refractivity (Wildman–Crippen MR) is 115 cm³/mol. The summed E-state index contributed by atoms with van der Waals surface area (Å²) in [5.74, 6) is 0.392. The highest BCUT2D eigenvalue weighted by atomic mass is 19.1. The Morgan fingerprint density at radius 3 is 2.14 bits per heavy atom. The molecule has 0 amide bonds. The number of ether oxygens (including phenoxy) is 1. The van der Waals surface area contributed by atoms with Crippen LogP contribution >= 0.6 is 0 Å². The van der Waals surface area contributed by atoms with Crippen molar-refractivity contribution in [3.63, 3.8) is 0 Å². The second kappa shape index (κ2) is 9.54. The SMILES string of the molecule is CCCc1ccc(OCc2cccc(-c3c(CC)cccc3CC)c2)cc1F. The molecule has 0 aliphatic heterocycles. The number of rotatable bonds is 8. The molecule has 0 N–H and O–H groups in total. The van der Waals surface area contributed by atoms with Gasteiger partial charge in [0, 0.05) is 6.07 Å². The van der Waals surface area contributed by atoms with Crippen LogP contribution < -0.4 is 4.74 Å². The fourth-order valence-electron chi connectivity index (χ4n) is 3.69. The molecule has 146 valence electrons. The van der Waals surface area contributed by atoms with Crippen molar-refractivity contribution in [1.82, 2.24) is 0 Å². The van der Waals surface area contributed by atoms with Crippen LogP contribution in [0.4, 0.5) is 4.39 Å². The van der Waals surface area contributed by atoms with Gasteiger partial charge in [-0.2, -0.15) is 0 Å². The number of halogens is 1. The van der Waals surface area contributed by atoms with E-state index >= 15 is 0 Å². The van der Waals surface area contributed by atoms with E-state index in [1.807, 2.05) is 12.1 Å². The highest BCUT2D eigenvalue weighted by Gasteiger charge is 2.10. The second-order valence-corrected chi connectivity index (χ2v) is 7.15. The first-order valence-corrected chi connectivity index (χ1v) is 10.3. The van der Waals surface area contributed by atoms with Gasteiger partial charge in [0.2, 0.25) is 0 Å². The van der Waals surface area contributed by atoms with Crippen LogP contribution in [0.2, 0.25) is 0 Å². The minimum absolute atomic E-state index is 0.183. The Labute approximate surface area is 168 Å². The maximum Gasteiger partial charge on any atom is 0.130 e. The first-order valence-electron chi connectivity index (χ1n) is 10.3. The largest absolute Gasteiger partial charge is 0.489 e. The molecule has 3 rings (SSSR count). The van der Waals surface area contributed by atoms with Gasteiger partial charge in [-0.05, 0) is 64.8 Å². The van der Waals surface area contributed by atoms with Crippen LogP contribution in [0.5, 0.6) is 5.75 Å². The first-order chi connectivity index (χ1) is 13.7. The lowest BCUT2D eigenvalue weighted by atomic mass is 9.91. The summed E-state index contributed by atoms with van der Waals surface area (Å²) >= 11 is 0. The molecule has 1 nitrogen and oxygen atoms in total. The maximum absolute atomic E-state index is 14.1. The third-order valence-corrected chi connectivity index (χ3v) is 5.16. The molecule has 0 aliphatic rings. The van der Waals surface area contributed by atoms with Gasteiger partial charge in [-0.3, -0.25) is 0 Å². The smallest absolute Gasteiger partial charge is 0.130 e. The van der Waals surface area contributed by atoms with Crippen LogP contribution in [-0.4, -0.2) is 0 Å². The van der Waals surface area contributed by atoms with Crippen LogP contribution in [0.1, 0.15) is 49.4 Å². The first kappa shape index (κ1) is 20.1. The van der Waals surface area contributed by atoms with Gasteiger partial charge in [-0.15, -0.1) is 0 Å². The minimum atomic E-state index is -0.183. The number of hydrogen-bond acceptors (Lipinski definition) is 1. The zero-order valence-electron chi connectivity index (χ0n) is 17.1. The van der Waals surface area contributed by atoms with Gasteiger partial charge in [0.05, 0.1) is 0 Å². The van der Waals surface area contributed by atoms with Crippen molar-refractivity contribution in [2.24, 2.45) is 0 Å². The van der Waals surface area contributed by atoms with Crippen molar-refractivity contribution >= 4 is 0 Å². The average Bonchev–Trinajstić information content (AvgIpc) is 2.73. The van der Waals surface area contributed by atoms with E-state index in [1.165, 1.54) is 28.3 Å². The van der Waals surface area contributed by atoms with Crippen LogP contribution in [0.3, 0.4) is 0 Å². The lowest BCUT2D eigenvalue weighted by molar-refractivity contribution is 0.304. The molecular weight excluding hydrogens is 347 g/mol. The normalized spacial score (nSPS) is 10.9. The minimum Gasteiger partial charge on any atom is -0.489 e. The average molecular weight is 377 g/mol. The molecular formula is C26H29FO. The van der Waals surface area contributed by atoms with Crippen molar-refractivity contribution in [3.05, 3.63) is 88.7 Å². The Kier molecular flexibility index (Phi) is 6.86. The van der Waals surface area contributed by atoms with E-state index < -0.39 is 0 Å². The van der Waals surface area contributed by atoms with E-state index in [0.29, 0.717) is 12.4 Å². The molecule has 0 saturated carbocycles. The van der Waals surface area contributed by atoms with Crippen molar-refractivity contribution in [2.75, 3.05) is 0 Å². The molecule has 0 aliphatic carbocycles. The summed E-state index contributed by atoms with van der Waals surface area (Å²) in [4.78, 5) is 0. The maximum atomic E-state index is 14.1. The van der Waals surface area contributed by atoms with Gasteiger partial charge < -0.3 is 4.74 Å². The predicted octanol–water partition coefficient (Wildman–Crippen LogP) is 7.15. The Bertz CT molecular complexity index is 907. The summed E-state index contributed by atoms with van der Waals surface area (Å²) in [7, 11) is 0. The van der Waals surface area contributed by atoms with E-state index in [-0.39, 0.29) is 5.82 Å². The summed E-state index contributed by atoms with van der Waals surface area (Å²) < 4.78 is 20.0. The molecule has 0 saturated heterocycles. The third-order valence-electron chi connectivity index (χ3n) is 5.16. The molecule has 0 unspecified atom stereocenters. The topological polar surface area (TPSA) is 9.23 Å². The van der Waals surface area contributed by atoms with Crippen LogP contribution in [-0.2, 0) is 25.9 Å². The van der Waals surface area contributed by atoms with Crippen LogP contribution in [0.15, 0.2) is 60.7 Å². The summed E-state index contributed by atoms with van der Waals surface area (Å²) in [6.45, 7) is 6.87. The quantitative estimate of drug-likeness (QED) is 0.406. The molecule has 3 aromatic rings. The highest BCUT2D eigenvalue weighted by Crippen LogP contribution is 2.30. The van der Waals surface area contributed by atoms with E-state index in [1.54, 1.807) is 0 Å². The summed E-state index contributed by atoms with van der Waals surface area (Å²) in [6, 6.07) is 20.2. The zero-order valence-corrected chi connectivity index (χ0v) is 17.1. The highest BCUT2D eigenvalue weighted by molar-refractivity contribution is 5.71. The van der Waals surface area contributed by atoms with Gasteiger partial charge in [-0.25, -0.2) is 4.39 Å². The van der Waals surface area contributed by atoms with Crippen molar-refractivity contribution in [3.8, 4) is 16.9 Å². The molecule has 2 heteroatoms. The Morgan fingerprint density at radius 1 is 0.786 bits per heavy atom. The molecule has 0 bridgehead atoms. The molecule has 0 heterocycles. The molecule has 28 heavy (non-hydrogen) atoms. The molecule has 3 aromatic carbocycles. The van der Waals surface area contributed by atoms with Gasteiger partial charge in [0.25, 0.3) is 0 Å².